The number of benzene rings is 1. The molecular formula is C12H11N3O. The summed E-state index contributed by atoms with van der Waals surface area (Å²) in [4.78, 5) is 19.4. The van der Waals surface area contributed by atoms with Gasteiger partial charge in [-0.3, -0.25) is 4.79 Å². The monoisotopic (exact) mass is 213 g/mol. The molecule has 0 bridgehead atoms. The Labute approximate surface area is 93.4 Å². The van der Waals surface area contributed by atoms with E-state index in [9.17, 15) is 4.79 Å². The molecule has 80 valence electrons. The van der Waals surface area contributed by atoms with Crippen LogP contribution < -0.4 is 5.32 Å². The fraction of sp³-hybridized carbons (Fsp3) is 0.0833. The maximum Gasteiger partial charge on any atom is 0.293 e. The highest BCUT2D eigenvalue weighted by atomic mass is 16.2. The SMILES string of the molecule is Cc1cccc(NC(=O)c2ncccn2)c1. The highest BCUT2D eigenvalue weighted by molar-refractivity contribution is 6.01. The van der Waals surface area contributed by atoms with Crippen LogP contribution in [0.1, 0.15) is 16.2 Å². The van der Waals surface area contributed by atoms with Gasteiger partial charge in [0.25, 0.3) is 5.91 Å². The van der Waals surface area contributed by atoms with Gasteiger partial charge in [-0.25, -0.2) is 9.97 Å². The maximum atomic E-state index is 11.7. The predicted molar refractivity (Wildman–Crippen MR) is 61.2 cm³/mol. The second kappa shape index (κ2) is 4.53. The van der Waals surface area contributed by atoms with Gasteiger partial charge in [0, 0.05) is 18.1 Å². The molecule has 2 aromatic rings. The predicted octanol–water partition coefficient (Wildman–Crippen LogP) is 2.04. The Morgan fingerprint density at radius 3 is 2.62 bits per heavy atom. The van der Waals surface area contributed by atoms with Gasteiger partial charge in [-0.1, -0.05) is 12.1 Å². The van der Waals surface area contributed by atoms with Crippen molar-refractivity contribution >= 4 is 11.6 Å². The van der Waals surface area contributed by atoms with Crippen LogP contribution in [0.2, 0.25) is 0 Å². The van der Waals surface area contributed by atoms with Gasteiger partial charge in [0.1, 0.15) is 0 Å². The molecule has 1 heterocycles. The maximum absolute atomic E-state index is 11.7. The third-order valence-electron chi connectivity index (χ3n) is 2.04. The van der Waals surface area contributed by atoms with E-state index in [2.05, 4.69) is 15.3 Å². The summed E-state index contributed by atoms with van der Waals surface area (Å²) in [5.74, 6) is -0.129. The van der Waals surface area contributed by atoms with Crippen molar-refractivity contribution in [2.75, 3.05) is 5.32 Å². The van der Waals surface area contributed by atoms with Crippen LogP contribution in [0, 0.1) is 6.92 Å². The van der Waals surface area contributed by atoms with Crippen molar-refractivity contribution in [2.45, 2.75) is 6.92 Å². The molecule has 16 heavy (non-hydrogen) atoms. The van der Waals surface area contributed by atoms with Crippen LogP contribution in [0.25, 0.3) is 0 Å². The molecule has 0 saturated carbocycles. The lowest BCUT2D eigenvalue weighted by Crippen LogP contribution is -2.15. The molecule has 0 atom stereocenters. The largest absolute Gasteiger partial charge is 0.319 e. The van der Waals surface area contributed by atoms with E-state index in [4.69, 9.17) is 0 Å². The number of rotatable bonds is 2. The van der Waals surface area contributed by atoms with Gasteiger partial charge < -0.3 is 5.32 Å². The quantitative estimate of drug-likeness (QED) is 0.830. The van der Waals surface area contributed by atoms with E-state index in [0.717, 1.165) is 11.3 Å². The third kappa shape index (κ3) is 2.42. The lowest BCUT2D eigenvalue weighted by molar-refractivity contribution is 0.101. The van der Waals surface area contributed by atoms with Crippen molar-refractivity contribution in [1.29, 1.82) is 0 Å². The molecular weight excluding hydrogens is 202 g/mol. The minimum atomic E-state index is -0.300. The van der Waals surface area contributed by atoms with Gasteiger partial charge in [0.15, 0.2) is 0 Å². The van der Waals surface area contributed by atoms with Gasteiger partial charge in [0.05, 0.1) is 0 Å². The van der Waals surface area contributed by atoms with Crippen LogP contribution >= 0.6 is 0 Å². The fourth-order valence-corrected chi connectivity index (χ4v) is 1.33. The Hall–Kier alpha value is -2.23. The van der Waals surface area contributed by atoms with Crippen molar-refractivity contribution in [3.05, 3.63) is 54.1 Å². The Bertz CT molecular complexity index is 497. The summed E-state index contributed by atoms with van der Waals surface area (Å²) >= 11 is 0. The van der Waals surface area contributed by atoms with Crippen LogP contribution in [0.15, 0.2) is 42.7 Å². The molecule has 0 aliphatic heterocycles. The summed E-state index contributed by atoms with van der Waals surface area (Å²) in [6.07, 6.45) is 3.08. The van der Waals surface area contributed by atoms with E-state index in [-0.39, 0.29) is 11.7 Å². The van der Waals surface area contributed by atoms with Crippen molar-refractivity contribution in [2.24, 2.45) is 0 Å². The van der Waals surface area contributed by atoms with Crippen LogP contribution in [0.4, 0.5) is 5.69 Å². The molecule has 1 aromatic heterocycles. The van der Waals surface area contributed by atoms with Crippen molar-refractivity contribution in [3.63, 3.8) is 0 Å². The molecule has 0 aliphatic carbocycles. The minimum Gasteiger partial charge on any atom is -0.319 e. The molecule has 1 amide bonds. The molecule has 0 saturated heterocycles. The van der Waals surface area contributed by atoms with Crippen LogP contribution in [0.5, 0.6) is 0 Å². The average Bonchev–Trinajstić information content (AvgIpc) is 2.30. The first-order chi connectivity index (χ1) is 7.75. The topological polar surface area (TPSA) is 54.9 Å². The Balaban J connectivity index is 2.14. The van der Waals surface area contributed by atoms with E-state index >= 15 is 0 Å². The molecule has 0 radical (unpaired) electrons. The van der Waals surface area contributed by atoms with Crippen LogP contribution in [0.3, 0.4) is 0 Å². The van der Waals surface area contributed by atoms with Gasteiger partial charge in [0.2, 0.25) is 5.82 Å². The van der Waals surface area contributed by atoms with Gasteiger partial charge in [-0.2, -0.15) is 0 Å². The first-order valence-corrected chi connectivity index (χ1v) is 4.91. The van der Waals surface area contributed by atoms with E-state index < -0.39 is 0 Å². The van der Waals surface area contributed by atoms with Crippen LogP contribution in [-0.2, 0) is 0 Å². The fourth-order valence-electron chi connectivity index (χ4n) is 1.33. The number of anilines is 1. The van der Waals surface area contributed by atoms with Crippen molar-refractivity contribution in [1.82, 2.24) is 9.97 Å². The Kier molecular flexibility index (Phi) is 2.91. The molecule has 0 spiro atoms. The summed E-state index contributed by atoms with van der Waals surface area (Å²) in [5.41, 5.74) is 1.84. The average molecular weight is 213 g/mol. The van der Waals surface area contributed by atoms with Gasteiger partial charge in [-0.05, 0) is 30.7 Å². The first-order valence-electron chi connectivity index (χ1n) is 4.91. The normalized spacial score (nSPS) is 9.81. The number of amides is 1. The number of aryl methyl sites for hydroxylation is 1. The third-order valence-corrected chi connectivity index (χ3v) is 2.04. The van der Waals surface area contributed by atoms with Gasteiger partial charge in [-0.15, -0.1) is 0 Å². The van der Waals surface area contributed by atoms with Gasteiger partial charge >= 0.3 is 0 Å². The standard InChI is InChI=1S/C12H11N3O/c1-9-4-2-5-10(8-9)15-12(16)11-13-6-3-7-14-11/h2-8H,1H3,(H,15,16). The molecule has 1 N–H and O–H groups in total. The lowest BCUT2D eigenvalue weighted by Gasteiger charge is -2.04. The summed E-state index contributed by atoms with van der Waals surface area (Å²) in [5, 5.41) is 2.74. The summed E-state index contributed by atoms with van der Waals surface area (Å²) in [7, 11) is 0. The molecule has 4 heteroatoms. The summed E-state index contributed by atoms with van der Waals surface area (Å²) < 4.78 is 0. The van der Waals surface area contributed by atoms with E-state index in [1.165, 1.54) is 12.4 Å². The smallest absolute Gasteiger partial charge is 0.293 e. The van der Waals surface area contributed by atoms with Crippen molar-refractivity contribution in [3.8, 4) is 0 Å². The number of hydrogen-bond donors (Lipinski definition) is 1. The lowest BCUT2D eigenvalue weighted by atomic mass is 10.2. The van der Waals surface area contributed by atoms with E-state index in [1.54, 1.807) is 6.07 Å². The second-order valence-corrected chi connectivity index (χ2v) is 3.40. The number of carbonyl (C=O) groups excluding carboxylic acids is 1. The zero-order chi connectivity index (χ0) is 11.4. The van der Waals surface area contributed by atoms with Crippen LogP contribution in [-0.4, -0.2) is 15.9 Å². The number of carbonyl (C=O) groups is 1. The highest BCUT2D eigenvalue weighted by Crippen LogP contribution is 2.10. The number of hydrogen-bond acceptors (Lipinski definition) is 3. The first kappa shape index (κ1) is 10.3. The molecule has 4 nitrogen and oxygen atoms in total. The number of nitrogens with one attached hydrogen (secondary N) is 1. The zero-order valence-corrected chi connectivity index (χ0v) is 8.84. The Morgan fingerprint density at radius 2 is 1.94 bits per heavy atom. The minimum absolute atomic E-state index is 0.170. The summed E-state index contributed by atoms with van der Waals surface area (Å²) in [6.45, 7) is 1.97. The zero-order valence-electron chi connectivity index (χ0n) is 8.84. The van der Waals surface area contributed by atoms with E-state index in [0.29, 0.717) is 0 Å². The van der Waals surface area contributed by atoms with E-state index in [1.807, 2.05) is 31.2 Å². The number of nitrogens with zero attached hydrogens (tertiary/aromatic N) is 2. The highest BCUT2D eigenvalue weighted by Gasteiger charge is 2.07. The second-order valence-electron chi connectivity index (χ2n) is 3.40. The molecule has 0 fully saturated rings. The number of aromatic nitrogens is 2. The molecule has 1 aromatic carbocycles. The van der Waals surface area contributed by atoms with Crippen molar-refractivity contribution < 1.29 is 4.79 Å². The molecule has 0 aliphatic rings. The Morgan fingerprint density at radius 1 is 1.19 bits per heavy atom. The summed E-state index contributed by atoms with van der Waals surface area (Å²) in [6, 6.07) is 9.24. The molecule has 2 rings (SSSR count). The molecule has 0 unspecified atom stereocenters.